The number of pyridine rings is 1. The van der Waals surface area contributed by atoms with Gasteiger partial charge in [-0.1, -0.05) is 133 Å². The standard InChI is InChI=1S/C48H29N7S/c1-3-12-31(13-4-1)42-44-43(51-29-50-42)39-27-35(28-49-48(39)56-44)30-22-24-33(25-23-30)46-52-45(32-14-5-2-6-15-32)53-47(54-46)34-16-11-17-36(26-34)55-40-20-9-7-18-37(40)38-19-8-10-21-41(38)55/h1-29H. The third-order valence-corrected chi connectivity index (χ3v) is 11.4. The van der Waals surface area contributed by atoms with Gasteiger partial charge in [0.05, 0.1) is 26.9 Å². The van der Waals surface area contributed by atoms with E-state index in [2.05, 4.69) is 125 Å². The minimum atomic E-state index is 0.602. The molecule has 8 heteroatoms. The lowest BCUT2D eigenvalue weighted by Crippen LogP contribution is -2.01. The monoisotopic (exact) mass is 735 g/mol. The van der Waals surface area contributed by atoms with E-state index in [0.29, 0.717) is 17.5 Å². The van der Waals surface area contributed by atoms with Crippen molar-refractivity contribution in [2.45, 2.75) is 0 Å². The first-order valence-electron chi connectivity index (χ1n) is 18.4. The number of aromatic nitrogens is 7. The highest BCUT2D eigenvalue weighted by atomic mass is 32.1. The Hall–Kier alpha value is -7.42. The summed E-state index contributed by atoms with van der Waals surface area (Å²) in [6.07, 6.45) is 3.58. The zero-order valence-electron chi connectivity index (χ0n) is 29.8. The maximum atomic E-state index is 5.09. The van der Waals surface area contributed by atoms with E-state index in [-0.39, 0.29) is 0 Å². The molecule has 0 fully saturated rings. The molecule has 0 radical (unpaired) electrons. The highest BCUT2D eigenvalue weighted by Crippen LogP contribution is 2.39. The summed E-state index contributed by atoms with van der Waals surface area (Å²) in [5.41, 5.74) is 11.0. The molecule has 5 aromatic heterocycles. The molecular formula is C48H29N7S. The van der Waals surface area contributed by atoms with Crippen molar-refractivity contribution >= 4 is 53.6 Å². The molecule has 0 bridgehead atoms. The first-order valence-corrected chi connectivity index (χ1v) is 19.2. The molecule has 5 heterocycles. The van der Waals surface area contributed by atoms with Gasteiger partial charge in [-0.05, 0) is 35.9 Å². The highest BCUT2D eigenvalue weighted by molar-refractivity contribution is 7.25. The molecule has 6 aromatic carbocycles. The van der Waals surface area contributed by atoms with Crippen LogP contribution < -0.4 is 0 Å². The highest BCUT2D eigenvalue weighted by Gasteiger charge is 2.17. The second-order valence-corrected chi connectivity index (χ2v) is 14.6. The van der Waals surface area contributed by atoms with E-state index in [4.69, 9.17) is 24.9 Å². The number of thiophene rings is 1. The van der Waals surface area contributed by atoms with Crippen LogP contribution in [0.2, 0.25) is 0 Å². The van der Waals surface area contributed by atoms with Crippen molar-refractivity contribution in [1.82, 2.24) is 34.5 Å². The van der Waals surface area contributed by atoms with Crippen molar-refractivity contribution in [1.29, 1.82) is 0 Å². The number of hydrogen-bond donors (Lipinski definition) is 0. The number of para-hydroxylation sites is 2. The Labute approximate surface area is 325 Å². The van der Waals surface area contributed by atoms with Crippen LogP contribution in [0.4, 0.5) is 0 Å². The third-order valence-electron chi connectivity index (χ3n) is 10.2. The minimum Gasteiger partial charge on any atom is -0.309 e. The van der Waals surface area contributed by atoms with Crippen LogP contribution >= 0.6 is 11.3 Å². The lowest BCUT2D eigenvalue weighted by Gasteiger charge is -2.12. The van der Waals surface area contributed by atoms with Gasteiger partial charge in [-0.3, -0.25) is 0 Å². The van der Waals surface area contributed by atoms with Gasteiger partial charge < -0.3 is 4.57 Å². The molecular weight excluding hydrogens is 707 g/mol. The molecule has 7 nitrogen and oxygen atoms in total. The van der Waals surface area contributed by atoms with E-state index in [9.17, 15) is 0 Å². The van der Waals surface area contributed by atoms with Crippen LogP contribution in [-0.2, 0) is 0 Å². The average Bonchev–Trinajstić information content (AvgIpc) is 3.83. The topological polar surface area (TPSA) is 82.3 Å². The number of benzene rings is 6. The molecule has 0 amide bonds. The Morgan fingerprint density at radius 1 is 0.411 bits per heavy atom. The van der Waals surface area contributed by atoms with Gasteiger partial charge in [0.25, 0.3) is 0 Å². The first-order chi connectivity index (χ1) is 27.7. The molecule has 56 heavy (non-hydrogen) atoms. The van der Waals surface area contributed by atoms with E-state index >= 15 is 0 Å². The number of hydrogen-bond acceptors (Lipinski definition) is 7. The van der Waals surface area contributed by atoms with E-state index in [0.717, 1.165) is 76.2 Å². The number of fused-ring (bicyclic) bond motifs is 6. The van der Waals surface area contributed by atoms with Crippen molar-refractivity contribution < 1.29 is 0 Å². The lowest BCUT2D eigenvalue weighted by atomic mass is 10.0. The summed E-state index contributed by atoms with van der Waals surface area (Å²) in [5.74, 6) is 1.83. The molecule has 11 rings (SSSR count). The number of rotatable bonds is 6. The smallest absolute Gasteiger partial charge is 0.164 e. The van der Waals surface area contributed by atoms with Crippen LogP contribution in [0, 0.1) is 0 Å². The van der Waals surface area contributed by atoms with E-state index in [1.54, 1.807) is 17.7 Å². The molecule has 262 valence electrons. The summed E-state index contributed by atoms with van der Waals surface area (Å²) in [6.45, 7) is 0. The van der Waals surface area contributed by atoms with Crippen LogP contribution in [0.25, 0.3) is 104 Å². The molecule has 11 aromatic rings. The van der Waals surface area contributed by atoms with Crippen LogP contribution in [-0.4, -0.2) is 34.5 Å². The maximum absolute atomic E-state index is 5.09. The Morgan fingerprint density at radius 3 is 1.68 bits per heavy atom. The van der Waals surface area contributed by atoms with Crippen molar-refractivity contribution in [3.05, 3.63) is 176 Å². The van der Waals surface area contributed by atoms with E-state index in [1.807, 2.05) is 54.7 Å². The molecule has 0 saturated carbocycles. The third kappa shape index (κ3) is 5.42. The van der Waals surface area contributed by atoms with Crippen LogP contribution in [0.5, 0.6) is 0 Å². The summed E-state index contributed by atoms with van der Waals surface area (Å²) in [5, 5.41) is 3.46. The normalized spacial score (nSPS) is 11.6. The predicted molar refractivity (Wildman–Crippen MR) is 228 cm³/mol. The van der Waals surface area contributed by atoms with Gasteiger partial charge in [-0.2, -0.15) is 0 Å². The van der Waals surface area contributed by atoms with E-state index < -0.39 is 0 Å². The van der Waals surface area contributed by atoms with Crippen molar-refractivity contribution in [2.75, 3.05) is 0 Å². The Kier molecular flexibility index (Phi) is 7.53. The molecule has 0 aliphatic carbocycles. The van der Waals surface area contributed by atoms with Crippen LogP contribution in [0.15, 0.2) is 176 Å². The van der Waals surface area contributed by atoms with Gasteiger partial charge in [0.1, 0.15) is 11.2 Å². The first kappa shape index (κ1) is 32.0. The van der Waals surface area contributed by atoms with E-state index in [1.165, 1.54) is 10.8 Å². The summed E-state index contributed by atoms with van der Waals surface area (Å²) in [4.78, 5) is 30.3. The quantitative estimate of drug-likeness (QED) is 0.169. The Morgan fingerprint density at radius 2 is 0.982 bits per heavy atom. The summed E-state index contributed by atoms with van der Waals surface area (Å²) < 4.78 is 3.35. The average molecular weight is 736 g/mol. The summed E-state index contributed by atoms with van der Waals surface area (Å²) in [7, 11) is 0. The molecule has 0 saturated heterocycles. The van der Waals surface area contributed by atoms with Gasteiger partial charge in [0.15, 0.2) is 17.5 Å². The van der Waals surface area contributed by atoms with Gasteiger partial charge in [-0.25, -0.2) is 29.9 Å². The molecule has 0 unspecified atom stereocenters. The second-order valence-electron chi connectivity index (χ2n) is 13.6. The molecule has 0 N–H and O–H groups in total. The van der Waals surface area contributed by atoms with Crippen LogP contribution in [0.3, 0.4) is 0 Å². The Balaban J connectivity index is 0.990. The maximum Gasteiger partial charge on any atom is 0.164 e. The Bertz CT molecular complexity index is 3190. The SMILES string of the molecule is c1ccc(-c2nc(-c3ccc(-c4cnc5sc6c(-c7ccccc7)ncnc6c5c4)cc3)nc(-c3cccc(-n4c5ccccc5c5ccccc54)c3)n2)cc1. The summed E-state index contributed by atoms with van der Waals surface area (Å²) >= 11 is 1.63. The molecule has 0 atom stereocenters. The van der Waals surface area contributed by atoms with Gasteiger partial charge >= 0.3 is 0 Å². The fourth-order valence-electron chi connectivity index (χ4n) is 7.57. The fourth-order valence-corrected chi connectivity index (χ4v) is 8.66. The fraction of sp³-hybridized carbons (Fsp3) is 0. The second kappa shape index (κ2) is 13.2. The van der Waals surface area contributed by atoms with Crippen molar-refractivity contribution in [3.63, 3.8) is 0 Å². The molecule has 0 spiro atoms. The van der Waals surface area contributed by atoms with Crippen molar-refractivity contribution in [3.8, 4) is 62.2 Å². The van der Waals surface area contributed by atoms with Crippen LogP contribution in [0.1, 0.15) is 0 Å². The largest absolute Gasteiger partial charge is 0.309 e. The zero-order valence-corrected chi connectivity index (χ0v) is 30.6. The minimum absolute atomic E-state index is 0.602. The van der Waals surface area contributed by atoms with Gasteiger partial charge in [0.2, 0.25) is 0 Å². The zero-order chi connectivity index (χ0) is 37.0. The molecule has 0 aliphatic heterocycles. The summed E-state index contributed by atoms with van der Waals surface area (Å²) in [6, 6.07) is 56.4. The van der Waals surface area contributed by atoms with Gasteiger partial charge in [-0.15, -0.1) is 11.3 Å². The number of nitrogens with zero attached hydrogens (tertiary/aromatic N) is 7. The lowest BCUT2D eigenvalue weighted by molar-refractivity contribution is 1.07. The van der Waals surface area contributed by atoms with Gasteiger partial charge in [0, 0.05) is 55.9 Å². The molecule has 0 aliphatic rings. The van der Waals surface area contributed by atoms with Crippen molar-refractivity contribution in [2.24, 2.45) is 0 Å². The predicted octanol–water partition coefficient (Wildman–Crippen LogP) is 11.9.